The number of nitrogens with zero attached hydrogens (tertiary/aromatic N) is 1. The molecule has 15 heavy (non-hydrogen) atoms. The molecule has 0 aliphatic carbocycles. The molecule has 0 radical (unpaired) electrons. The van der Waals surface area contributed by atoms with E-state index in [9.17, 15) is 0 Å². The van der Waals surface area contributed by atoms with Crippen molar-refractivity contribution in [2.45, 2.75) is 13.8 Å². The number of hydrogen-bond donors (Lipinski definition) is 1. The summed E-state index contributed by atoms with van der Waals surface area (Å²) < 4.78 is 0. The zero-order valence-corrected chi connectivity index (χ0v) is 9.95. The van der Waals surface area contributed by atoms with Crippen molar-refractivity contribution in [2.75, 3.05) is 0 Å². The first-order valence-electron chi connectivity index (χ1n) is 4.56. The Kier molecular flexibility index (Phi) is 2.72. The summed E-state index contributed by atoms with van der Waals surface area (Å²) in [6.45, 7) is 3.90. The van der Waals surface area contributed by atoms with Crippen LogP contribution in [-0.4, -0.2) is 9.97 Å². The van der Waals surface area contributed by atoms with Crippen molar-refractivity contribution in [1.82, 2.24) is 9.97 Å². The Morgan fingerprint density at radius 2 is 1.67 bits per heavy atom. The number of aryl methyl sites for hydroxylation is 2. The van der Waals surface area contributed by atoms with Crippen LogP contribution in [0.1, 0.15) is 11.5 Å². The Morgan fingerprint density at radius 1 is 1.07 bits per heavy atom. The lowest BCUT2D eigenvalue weighted by atomic mass is 10.1. The minimum Gasteiger partial charge on any atom is -0.346 e. The molecular formula is C11H10Cl2N2. The molecule has 0 amide bonds. The van der Waals surface area contributed by atoms with E-state index in [2.05, 4.69) is 9.97 Å². The molecule has 2 aromatic rings. The third kappa shape index (κ3) is 2.16. The fourth-order valence-electron chi connectivity index (χ4n) is 1.58. The first kappa shape index (κ1) is 10.5. The van der Waals surface area contributed by atoms with Gasteiger partial charge in [0, 0.05) is 21.3 Å². The van der Waals surface area contributed by atoms with Gasteiger partial charge in [0.25, 0.3) is 0 Å². The van der Waals surface area contributed by atoms with Crippen molar-refractivity contribution in [2.24, 2.45) is 0 Å². The second kappa shape index (κ2) is 3.87. The van der Waals surface area contributed by atoms with Gasteiger partial charge >= 0.3 is 0 Å². The van der Waals surface area contributed by atoms with Gasteiger partial charge in [-0.2, -0.15) is 0 Å². The zero-order valence-electron chi connectivity index (χ0n) is 8.44. The number of nitrogens with one attached hydrogen (secondary N) is 1. The van der Waals surface area contributed by atoms with Crippen molar-refractivity contribution in [3.05, 3.63) is 39.8 Å². The minimum atomic E-state index is 0.623. The normalized spacial score (nSPS) is 10.7. The second-order valence-electron chi connectivity index (χ2n) is 3.45. The van der Waals surface area contributed by atoms with Gasteiger partial charge < -0.3 is 4.98 Å². The molecule has 2 nitrogen and oxygen atoms in total. The molecule has 1 heterocycles. The maximum Gasteiger partial charge on any atom is 0.103 e. The fraction of sp³-hybridized carbons (Fsp3) is 0.182. The molecule has 0 unspecified atom stereocenters. The Hall–Kier alpha value is -0.990. The van der Waals surface area contributed by atoms with Gasteiger partial charge in [0.15, 0.2) is 0 Å². The van der Waals surface area contributed by atoms with Gasteiger partial charge in [0.2, 0.25) is 0 Å². The van der Waals surface area contributed by atoms with Crippen molar-refractivity contribution >= 4 is 23.2 Å². The van der Waals surface area contributed by atoms with E-state index >= 15 is 0 Å². The van der Waals surface area contributed by atoms with Crippen LogP contribution >= 0.6 is 23.2 Å². The third-order valence-electron chi connectivity index (χ3n) is 2.14. The molecule has 1 N–H and O–H groups in total. The molecule has 0 aliphatic heterocycles. The Morgan fingerprint density at radius 3 is 2.13 bits per heavy atom. The van der Waals surface area contributed by atoms with Crippen LogP contribution in [0.25, 0.3) is 11.3 Å². The maximum atomic E-state index is 5.94. The SMILES string of the molecule is Cc1nc(-c2cc(Cl)cc(Cl)c2)c(C)[nH]1. The highest BCUT2D eigenvalue weighted by Crippen LogP contribution is 2.27. The predicted molar refractivity (Wildman–Crippen MR) is 63.5 cm³/mol. The summed E-state index contributed by atoms with van der Waals surface area (Å²) in [5.41, 5.74) is 2.86. The number of H-pyrrole nitrogens is 1. The zero-order chi connectivity index (χ0) is 11.0. The van der Waals surface area contributed by atoms with Crippen LogP contribution in [0.5, 0.6) is 0 Å². The van der Waals surface area contributed by atoms with Gasteiger partial charge in [-0.05, 0) is 32.0 Å². The monoisotopic (exact) mass is 240 g/mol. The highest BCUT2D eigenvalue weighted by molar-refractivity contribution is 6.35. The molecule has 0 bridgehead atoms. The summed E-state index contributed by atoms with van der Waals surface area (Å²) >= 11 is 11.9. The average Bonchev–Trinajstić information content (AvgIpc) is 2.43. The highest BCUT2D eigenvalue weighted by atomic mass is 35.5. The van der Waals surface area contributed by atoms with Crippen molar-refractivity contribution in [1.29, 1.82) is 0 Å². The van der Waals surface area contributed by atoms with Crippen LogP contribution in [0.3, 0.4) is 0 Å². The summed E-state index contributed by atoms with van der Waals surface area (Å²) in [4.78, 5) is 7.54. The molecule has 0 spiro atoms. The van der Waals surface area contributed by atoms with E-state index in [-0.39, 0.29) is 0 Å². The topological polar surface area (TPSA) is 28.7 Å². The summed E-state index contributed by atoms with van der Waals surface area (Å²) in [7, 11) is 0. The van der Waals surface area contributed by atoms with E-state index < -0.39 is 0 Å². The number of hydrogen-bond acceptors (Lipinski definition) is 1. The van der Waals surface area contributed by atoms with Gasteiger partial charge in [-0.15, -0.1) is 0 Å². The predicted octanol–water partition coefficient (Wildman–Crippen LogP) is 4.00. The largest absolute Gasteiger partial charge is 0.346 e. The number of aromatic nitrogens is 2. The summed E-state index contributed by atoms with van der Waals surface area (Å²) in [6.07, 6.45) is 0. The maximum absolute atomic E-state index is 5.94. The molecule has 4 heteroatoms. The average molecular weight is 241 g/mol. The summed E-state index contributed by atoms with van der Waals surface area (Å²) in [5.74, 6) is 0.888. The number of halogens is 2. The standard InChI is InChI=1S/C11H10Cl2N2/c1-6-11(15-7(2)14-6)8-3-9(12)5-10(13)4-8/h3-5H,1-2H3,(H,14,15). The molecule has 1 aromatic carbocycles. The summed E-state index contributed by atoms with van der Waals surface area (Å²) in [6, 6.07) is 5.42. The van der Waals surface area contributed by atoms with E-state index in [1.54, 1.807) is 6.07 Å². The highest BCUT2D eigenvalue weighted by Gasteiger charge is 2.08. The lowest BCUT2D eigenvalue weighted by Crippen LogP contribution is -1.81. The Labute approximate surface area is 98.3 Å². The molecule has 0 saturated carbocycles. The van der Waals surface area contributed by atoms with Crippen molar-refractivity contribution in [3.8, 4) is 11.3 Å². The molecule has 0 aliphatic rings. The number of aromatic amines is 1. The first-order chi connectivity index (χ1) is 7.06. The van der Waals surface area contributed by atoms with Crippen LogP contribution in [0.2, 0.25) is 10.0 Å². The van der Waals surface area contributed by atoms with E-state index in [4.69, 9.17) is 23.2 Å². The smallest absolute Gasteiger partial charge is 0.103 e. The van der Waals surface area contributed by atoms with E-state index in [1.165, 1.54) is 0 Å². The van der Waals surface area contributed by atoms with Crippen LogP contribution in [-0.2, 0) is 0 Å². The second-order valence-corrected chi connectivity index (χ2v) is 4.33. The van der Waals surface area contributed by atoms with Crippen molar-refractivity contribution < 1.29 is 0 Å². The number of benzene rings is 1. The Bertz CT molecular complexity index is 483. The van der Waals surface area contributed by atoms with Crippen LogP contribution in [0.4, 0.5) is 0 Å². The molecule has 2 rings (SSSR count). The minimum absolute atomic E-state index is 0.623. The first-order valence-corrected chi connectivity index (χ1v) is 5.31. The van der Waals surface area contributed by atoms with Crippen LogP contribution in [0.15, 0.2) is 18.2 Å². The molecule has 78 valence electrons. The molecular weight excluding hydrogens is 231 g/mol. The number of imidazole rings is 1. The van der Waals surface area contributed by atoms with Gasteiger partial charge in [-0.1, -0.05) is 23.2 Å². The van der Waals surface area contributed by atoms with Crippen LogP contribution < -0.4 is 0 Å². The molecule has 0 fully saturated rings. The quantitative estimate of drug-likeness (QED) is 0.803. The summed E-state index contributed by atoms with van der Waals surface area (Å²) in [5, 5.41) is 1.25. The molecule has 0 atom stereocenters. The van der Waals surface area contributed by atoms with Gasteiger partial charge in [0.05, 0.1) is 5.69 Å². The van der Waals surface area contributed by atoms with E-state index in [1.807, 2.05) is 26.0 Å². The molecule has 0 saturated heterocycles. The molecule has 1 aromatic heterocycles. The Balaban J connectivity index is 2.58. The fourth-order valence-corrected chi connectivity index (χ4v) is 2.11. The lowest BCUT2D eigenvalue weighted by Gasteiger charge is -2.00. The van der Waals surface area contributed by atoms with Gasteiger partial charge in [0.1, 0.15) is 5.82 Å². The van der Waals surface area contributed by atoms with E-state index in [0.717, 1.165) is 22.8 Å². The number of rotatable bonds is 1. The van der Waals surface area contributed by atoms with Crippen molar-refractivity contribution in [3.63, 3.8) is 0 Å². The lowest BCUT2D eigenvalue weighted by molar-refractivity contribution is 1.13. The van der Waals surface area contributed by atoms with Gasteiger partial charge in [-0.3, -0.25) is 0 Å². The van der Waals surface area contributed by atoms with Crippen LogP contribution in [0, 0.1) is 13.8 Å². The van der Waals surface area contributed by atoms with E-state index in [0.29, 0.717) is 10.0 Å². The third-order valence-corrected chi connectivity index (χ3v) is 2.58. The van der Waals surface area contributed by atoms with Gasteiger partial charge in [-0.25, -0.2) is 4.98 Å².